The third-order valence-electron chi connectivity index (χ3n) is 5.00. The number of nitrogens with zero attached hydrogens (tertiary/aromatic N) is 1. The lowest BCUT2D eigenvalue weighted by Gasteiger charge is -2.16. The number of carbonyl (C=O) groups is 2. The van der Waals surface area contributed by atoms with Gasteiger partial charge in [0.1, 0.15) is 27.9 Å². The molecule has 0 spiro atoms. The maximum absolute atomic E-state index is 13.5. The molecule has 0 unspecified atom stereocenters. The van der Waals surface area contributed by atoms with Crippen molar-refractivity contribution in [3.8, 4) is 17.2 Å². The summed E-state index contributed by atoms with van der Waals surface area (Å²) < 4.78 is 15.9. The summed E-state index contributed by atoms with van der Waals surface area (Å²) >= 11 is 1.23. The fourth-order valence-corrected chi connectivity index (χ4v) is 4.28. The predicted molar refractivity (Wildman–Crippen MR) is 128 cm³/mol. The highest BCUT2D eigenvalue weighted by Gasteiger charge is 2.40. The van der Waals surface area contributed by atoms with Crippen LogP contribution in [0.3, 0.4) is 0 Å². The van der Waals surface area contributed by atoms with Gasteiger partial charge in [-0.1, -0.05) is 30.0 Å². The van der Waals surface area contributed by atoms with Gasteiger partial charge in [0.2, 0.25) is 0 Å². The molecule has 0 atom stereocenters. The number of rotatable bonds is 8. The average Bonchev–Trinajstić information content (AvgIpc) is 3.08. The number of thioether (sulfide) groups is 1. The first-order valence-corrected chi connectivity index (χ1v) is 10.9. The zero-order valence-electron chi connectivity index (χ0n) is 18.3. The molecule has 3 aromatic carbocycles. The average molecular weight is 463 g/mol. The lowest BCUT2D eigenvalue weighted by Crippen LogP contribution is -2.32. The first kappa shape index (κ1) is 22.3. The number of amides is 2. The monoisotopic (exact) mass is 462 g/mol. The molecule has 1 heterocycles. The number of methoxy groups -OCH3 is 3. The zero-order valence-corrected chi connectivity index (χ0v) is 19.1. The highest BCUT2D eigenvalue weighted by atomic mass is 32.2. The van der Waals surface area contributed by atoms with Crippen molar-refractivity contribution in [1.82, 2.24) is 0 Å². The molecule has 33 heavy (non-hydrogen) atoms. The molecule has 0 saturated heterocycles. The topological polar surface area (TPSA) is 77.1 Å². The van der Waals surface area contributed by atoms with Crippen molar-refractivity contribution in [2.75, 3.05) is 31.5 Å². The quantitative estimate of drug-likeness (QED) is 0.486. The van der Waals surface area contributed by atoms with Crippen LogP contribution < -0.4 is 24.4 Å². The first-order valence-electron chi connectivity index (χ1n) is 10.0. The Balaban J connectivity index is 1.76. The van der Waals surface area contributed by atoms with Crippen molar-refractivity contribution in [3.63, 3.8) is 0 Å². The minimum absolute atomic E-state index is 0.163. The molecule has 8 heteroatoms. The summed E-state index contributed by atoms with van der Waals surface area (Å²) in [5.41, 5.74) is 1.12. The van der Waals surface area contributed by atoms with Crippen LogP contribution >= 0.6 is 11.8 Å². The molecule has 3 aromatic rings. The molecule has 7 nitrogen and oxygen atoms in total. The second-order valence-corrected chi connectivity index (χ2v) is 8.04. The van der Waals surface area contributed by atoms with Crippen LogP contribution in [0.15, 0.2) is 88.3 Å². The van der Waals surface area contributed by atoms with Crippen molar-refractivity contribution in [3.05, 3.63) is 83.4 Å². The van der Waals surface area contributed by atoms with Crippen molar-refractivity contribution in [2.24, 2.45) is 0 Å². The number of anilines is 2. The number of hydrogen-bond donors (Lipinski definition) is 1. The number of ether oxygens (including phenoxy) is 3. The van der Waals surface area contributed by atoms with E-state index in [-0.39, 0.29) is 10.6 Å². The van der Waals surface area contributed by atoms with Crippen LogP contribution in [0.5, 0.6) is 17.2 Å². The molecular weight excluding hydrogens is 440 g/mol. The van der Waals surface area contributed by atoms with Crippen LogP contribution in [0.25, 0.3) is 0 Å². The van der Waals surface area contributed by atoms with Gasteiger partial charge >= 0.3 is 0 Å². The Morgan fingerprint density at radius 1 is 0.758 bits per heavy atom. The summed E-state index contributed by atoms with van der Waals surface area (Å²) in [5, 5.41) is 3.12. The first-order chi connectivity index (χ1) is 16.0. The highest BCUT2D eigenvalue weighted by molar-refractivity contribution is 8.04. The fraction of sp³-hybridized carbons (Fsp3) is 0.120. The molecule has 0 fully saturated rings. The van der Waals surface area contributed by atoms with Crippen LogP contribution in [0.1, 0.15) is 0 Å². The maximum Gasteiger partial charge on any atom is 0.283 e. The highest BCUT2D eigenvalue weighted by Crippen LogP contribution is 2.39. The standard InChI is InChI=1S/C25H22N2O5S/c1-30-17-11-9-16(10-12-17)27-24(28)22(23(25(27)29)33-19-7-5-4-6-8-19)26-20-15-18(31-2)13-14-21(20)32-3/h4-15,26H,1-3H3. The molecule has 1 N–H and O–H groups in total. The molecular formula is C25H22N2O5S. The maximum atomic E-state index is 13.5. The molecule has 2 amide bonds. The SMILES string of the molecule is COc1ccc(N2C(=O)C(Nc3cc(OC)ccc3OC)=C(Sc3ccccc3)C2=O)cc1. The zero-order chi connectivity index (χ0) is 23.4. The van der Waals surface area contributed by atoms with E-state index < -0.39 is 11.8 Å². The Morgan fingerprint density at radius 3 is 2.06 bits per heavy atom. The van der Waals surface area contributed by atoms with Crippen molar-refractivity contribution < 1.29 is 23.8 Å². The van der Waals surface area contributed by atoms with Gasteiger partial charge in [0, 0.05) is 11.0 Å². The summed E-state index contributed by atoms with van der Waals surface area (Å²) in [6, 6.07) is 21.4. The lowest BCUT2D eigenvalue weighted by atomic mass is 10.2. The molecule has 0 saturated carbocycles. The van der Waals surface area contributed by atoms with Crippen LogP contribution in [-0.4, -0.2) is 33.1 Å². The van der Waals surface area contributed by atoms with E-state index in [1.165, 1.54) is 18.9 Å². The van der Waals surface area contributed by atoms with E-state index in [1.54, 1.807) is 56.7 Å². The summed E-state index contributed by atoms with van der Waals surface area (Å²) in [6.45, 7) is 0. The minimum atomic E-state index is -0.464. The van der Waals surface area contributed by atoms with Crippen molar-refractivity contribution in [1.29, 1.82) is 0 Å². The van der Waals surface area contributed by atoms with Gasteiger partial charge in [-0.2, -0.15) is 0 Å². The van der Waals surface area contributed by atoms with Crippen LogP contribution in [0, 0.1) is 0 Å². The van der Waals surface area contributed by atoms with Gasteiger partial charge in [-0.25, -0.2) is 4.90 Å². The number of carbonyl (C=O) groups excluding carboxylic acids is 2. The molecule has 168 valence electrons. The third-order valence-corrected chi connectivity index (χ3v) is 6.09. The fourth-order valence-electron chi connectivity index (χ4n) is 3.33. The second-order valence-electron chi connectivity index (χ2n) is 6.95. The second kappa shape index (κ2) is 9.70. The Labute approximate surface area is 196 Å². The van der Waals surface area contributed by atoms with Crippen molar-refractivity contribution in [2.45, 2.75) is 4.90 Å². The molecule has 0 aromatic heterocycles. The van der Waals surface area contributed by atoms with Crippen LogP contribution in [0.2, 0.25) is 0 Å². The van der Waals surface area contributed by atoms with Crippen LogP contribution in [0.4, 0.5) is 11.4 Å². The molecule has 0 bridgehead atoms. The van der Waals surface area contributed by atoms with Gasteiger partial charge < -0.3 is 19.5 Å². The third kappa shape index (κ3) is 4.51. The Kier molecular flexibility index (Phi) is 6.55. The molecule has 0 aliphatic carbocycles. The van der Waals surface area contributed by atoms with Gasteiger partial charge in [-0.3, -0.25) is 9.59 Å². The normalized spacial score (nSPS) is 13.4. The summed E-state index contributed by atoms with van der Waals surface area (Å²) in [7, 11) is 4.64. The molecule has 1 aliphatic heterocycles. The predicted octanol–water partition coefficient (Wildman–Crippen LogP) is 4.70. The molecule has 1 aliphatic rings. The number of hydrogen-bond acceptors (Lipinski definition) is 7. The largest absolute Gasteiger partial charge is 0.497 e. The van der Waals surface area contributed by atoms with E-state index in [2.05, 4.69) is 5.32 Å². The number of imide groups is 1. The van der Waals surface area contributed by atoms with E-state index in [0.29, 0.717) is 28.6 Å². The van der Waals surface area contributed by atoms with E-state index >= 15 is 0 Å². The van der Waals surface area contributed by atoms with Crippen molar-refractivity contribution >= 4 is 35.0 Å². The minimum Gasteiger partial charge on any atom is -0.497 e. The molecule has 4 rings (SSSR count). The van der Waals surface area contributed by atoms with E-state index in [1.807, 2.05) is 30.3 Å². The van der Waals surface area contributed by atoms with Crippen LogP contribution in [-0.2, 0) is 9.59 Å². The van der Waals surface area contributed by atoms with E-state index in [4.69, 9.17) is 14.2 Å². The van der Waals surface area contributed by atoms with Gasteiger partial charge in [0.25, 0.3) is 11.8 Å². The lowest BCUT2D eigenvalue weighted by molar-refractivity contribution is -0.120. The molecule has 0 radical (unpaired) electrons. The number of benzene rings is 3. The van der Waals surface area contributed by atoms with Gasteiger partial charge in [0.05, 0.1) is 32.7 Å². The number of nitrogens with one attached hydrogen (secondary N) is 1. The Hall–Kier alpha value is -3.91. The summed E-state index contributed by atoms with van der Waals surface area (Å²) in [6.07, 6.45) is 0. The van der Waals surface area contributed by atoms with Gasteiger partial charge in [0.15, 0.2) is 0 Å². The Bertz CT molecular complexity index is 1210. The van der Waals surface area contributed by atoms with E-state index in [9.17, 15) is 9.59 Å². The smallest absolute Gasteiger partial charge is 0.283 e. The Morgan fingerprint density at radius 2 is 1.42 bits per heavy atom. The van der Waals surface area contributed by atoms with Gasteiger partial charge in [-0.15, -0.1) is 0 Å². The summed E-state index contributed by atoms with van der Waals surface area (Å²) in [4.78, 5) is 29.2. The van der Waals surface area contributed by atoms with E-state index in [0.717, 1.165) is 9.80 Å². The summed E-state index contributed by atoms with van der Waals surface area (Å²) in [5.74, 6) is 0.844. The van der Waals surface area contributed by atoms with Gasteiger partial charge in [-0.05, 0) is 48.5 Å².